The average molecular weight is 567 g/mol. The van der Waals surface area contributed by atoms with Crippen LogP contribution in [0, 0.1) is 5.92 Å². The van der Waals surface area contributed by atoms with Crippen molar-refractivity contribution in [2.45, 2.75) is 23.2 Å². The molecule has 1 fully saturated rings. The average Bonchev–Trinajstić information content (AvgIpc) is 3.15. The van der Waals surface area contributed by atoms with Crippen molar-refractivity contribution >= 4 is 37.6 Å². The van der Waals surface area contributed by atoms with E-state index in [1.54, 1.807) is 18.2 Å². The number of pyridine rings is 1. The molecule has 1 saturated carbocycles. The molecular weight excluding hydrogens is 546 g/mol. The largest absolute Gasteiger partial charge is 0.476 e. The van der Waals surface area contributed by atoms with Crippen LogP contribution in [0.3, 0.4) is 0 Å². The lowest BCUT2D eigenvalue weighted by Gasteiger charge is -2.40. The summed E-state index contributed by atoms with van der Waals surface area (Å²) in [6, 6.07) is 18.0. The first-order chi connectivity index (χ1) is 16.1. The lowest BCUT2D eigenvalue weighted by molar-refractivity contribution is -0.153. The topological polar surface area (TPSA) is 106 Å². The SMILES string of the molecule is CS(=O)(=O)OC[C@H]1[C@@H](O)[C@@]2(O)c3ncc(Cl)cc3O[C@@]2(c2ccc(Br)cc2)[C@@H]1c1ccccc1. The summed E-state index contributed by atoms with van der Waals surface area (Å²) in [7, 11) is -3.81. The summed E-state index contributed by atoms with van der Waals surface area (Å²) >= 11 is 9.61. The number of benzene rings is 2. The van der Waals surface area contributed by atoms with Crippen molar-refractivity contribution in [1.82, 2.24) is 4.98 Å². The highest BCUT2D eigenvalue weighted by Gasteiger charge is 2.76. The van der Waals surface area contributed by atoms with Gasteiger partial charge in [0, 0.05) is 28.6 Å². The second-order valence-electron chi connectivity index (χ2n) is 8.60. The molecule has 0 spiro atoms. The van der Waals surface area contributed by atoms with E-state index in [0.29, 0.717) is 10.6 Å². The molecule has 7 nitrogen and oxygen atoms in total. The van der Waals surface area contributed by atoms with Crippen LogP contribution in [0.2, 0.25) is 5.02 Å². The van der Waals surface area contributed by atoms with Gasteiger partial charge in [-0.15, -0.1) is 0 Å². The summed E-state index contributed by atoms with van der Waals surface area (Å²) in [6.45, 7) is -0.355. The Hall–Kier alpha value is -2.01. The molecule has 178 valence electrons. The van der Waals surface area contributed by atoms with Crippen molar-refractivity contribution in [2.24, 2.45) is 5.92 Å². The molecule has 0 radical (unpaired) electrons. The summed E-state index contributed by atoms with van der Waals surface area (Å²) < 4.78 is 36.2. The zero-order chi connectivity index (χ0) is 24.3. The zero-order valence-corrected chi connectivity index (χ0v) is 21.1. The minimum atomic E-state index is -3.81. The monoisotopic (exact) mass is 565 g/mol. The van der Waals surface area contributed by atoms with Crippen molar-refractivity contribution in [3.8, 4) is 5.75 Å². The minimum absolute atomic E-state index is 0.134. The second-order valence-corrected chi connectivity index (χ2v) is 11.6. The Bertz CT molecular complexity index is 1340. The fraction of sp³-hybridized carbons (Fsp3) is 0.292. The van der Waals surface area contributed by atoms with Crippen LogP contribution in [0.15, 0.2) is 71.3 Å². The quantitative estimate of drug-likeness (QED) is 0.454. The van der Waals surface area contributed by atoms with Crippen LogP contribution in [0.5, 0.6) is 5.75 Å². The third-order valence-electron chi connectivity index (χ3n) is 6.62. The van der Waals surface area contributed by atoms with Crippen molar-refractivity contribution < 1.29 is 27.6 Å². The van der Waals surface area contributed by atoms with Gasteiger partial charge in [-0.2, -0.15) is 8.42 Å². The van der Waals surface area contributed by atoms with E-state index in [-0.39, 0.29) is 18.1 Å². The molecule has 1 aliphatic heterocycles. The van der Waals surface area contributed by atoms with Crippen LogP contribution in [0.4, 0.5) is 0 Å². The molecule has 5 rings (SSSR count). The molecule has 1 aliphatic carbocycles. The fourth-order valence-corrected chi connectivity index (χ4v) is 6.17. The fourth-order valence-electron chi connectivity index (χ4n) is 5.35. The molecular formula is C24H21BrClNO6S. The van der Waals surface area contributed by atoms with Crippen LogP contribution < -0.4 is 4.74 Å². The van der Waals surface area contributed by atoms with Gasteiger partial charge in [0.15, 0.2) is 11.2 Å². The van der Waals surface area contributed by atoms with E-state index in [4.69, 9.17) is 20.5 Å². The van der Waals surface area contributed by atoms with Crippen molar-refractivity contribution in [3.63, 3.8) is 0 Å². The summed E-state index contributed by atoms with van der Waals surface area (Å²) in [6.07, 6.45) is 0.851. The van der Waals surface area contributed by atoms with Crippen LogP contribution in [0.25, 0.3) is 0 Å². The Balaban J connectivity index is 1.80. The van der Waals surface area contributed by atoms with Crippen LogP contribution in [-0.2, 0) is 25.5 Å². The number of halogens is 2. The number of nitrogens with zero attached hydrogens (tertiary/aromatic N) is 1. The van der Waals surface area contributed by atoms with E-state index in [1.165, 1.54) is 6.20 Å². The van der Waals surface area contributed by atoms with E-state index in [2.05, 4.69) is 20.9 Å². The molecule has 2 heterocycles. The van der Waals surface area contributed by atoms with Crippen LogP contribution >= 0.6 is 27.5 Å². The smallest absolute Gasteiger partial charge is 0.264 e. The van der Waals surface area contributed by atoms with E-state index < -0.39 is 39.3 Å². The molecule has 2 aliphatic rings. The number of hydrogen-bond donors (Lipinski definition) is 2. The molecule has 1 aromatic heterocycles. The lowest BCUT2D eigenvalue weighted by Crippen LogP contribution is -2.52. The highest BCUT2D eigenvalue weighted by atomic mass is 79.9. The molecule has 3 aromatic rings. The normalized spacial score (nSPS) is 30.0. The third-order valence-corrected chi connectivity index (χ3v) is 7.92. The first-order valence-electron chi connectivity index (χ1n) is 10.5. The first-order valence-corrected chi connectivity index (χ1v) is 13.5. The summed E-state index contributed by atoms with van der Waals surface area (Å²) in [5.41, 5.74) is -2.11. The summed E-state index contributed by atoms with van der Waals surface area (Å²) in [4.78, 5) is 4.35. The first kappa shape index (κ1) is 23.7. The Labute approximate surface area is 210 Å². The maximum absolute atomic E-state index is 12.4. The Kier molecular flexibility index (Phi) is 5.78. The maximum atomic E-state index is 12.4. The Morgan fingerprint density at radius 2 is 1.85 bits per heavy atom. The van der Waals surface area contributed by atoms with E-state index in [0.717, 1.165) is 16.3 Å². The minimum Gasteiger partial charge on any atom is -0.476 e. The van der Waals surface area contributed by atoms with Crippen LogP contribution in [-0.4, -0.2) is 42.6 Å². The van der Waals surface area contributed by atoms with E-state index in [9.17, 15) is 18.6 Å². The van der Waals surface area contributed by atoms with E-state index in [1.807, 2.05) is 42.5 Å². The molecule has 2 N–H and O–H groups in total. The van der Waals surface area contributed by atoms with Crippen molar-refractivity contribution in [1.29, 1.82) is 0 Å². The number of hydrogen-bond acceptors (Lipinski definition) is 7. The Morgan fingerprint density at radius 3 is 2.50 bits per heavy atom. The molecule has 10 heteroatoms. The highest BCUT2D eigenvalue weighted by Crippen LogP contribution is 2.68. The number of rotatable bonds is 5. The predicted octanol–water partition coefficient (Wildman–Crippen LogP) is 3.72. The van der Waals surface area contributed by atoms with Crippen LogP contribution in [0.1, 0.15) is 22.7 Å². The highest BCUT2D eigenvalue weighted by molar-refractivity contribution is 9.10. The van der Waals surface area contributed by atoms with E-state index >= 15 is 0 Å². The second kappa shape index (κ2) is 8.29. The number of aromatic nitrogens is 1. The van der Waals surface area contributed by atoms with Gasteiger partial charge < -0.3 is 14.9 Å². The Morgan fingerprint density at radius 1 is 1.18 bits per heavy atom. The van der Waals surface area contributed by atoms with Gasteiger partial charge in [-0.05, 0) is 23.3 Å². The van der Waals surface area contributed by atoms with Gasteiger partial charge in [0.2, 0.25) is 0 Å². The van der Waals surface area contributed by atoms with Crippen molar-refractivity contribution in [3.05, 3.63) is 93.2 Å². The number of fused-ring (bicyclic) bond motifs is 3. The van der Waals surface area contributed by atoms with Gasteiger partial charge in [0.25, 0.3) is 10.1 Å². The molecule has 34 heavy (non-hydrogen) atoms. The number of aliphatic hydroxyl groups is 2. The van der Waals surface area contributed by atoms with Gasteiger partial charge in [-0.25, -0.2) is 0 Å². The molecule has 0 bridgehead atoms. The van der Waals surface area contributed by atoms with Gasteiger partial charge in [0.05, 0.1) is 24.0 Å². The molecule has 0 amide bonds. The molecule has 5 atom stereocenters. The number of aliphatic hydroxyl groups excluding tert-OH is 1. The van der Waals surface area contributed by atoms with Gasteiger partial charge >= 0.3 is 0 Å². The summed E-state index contributed by atoms with van der Waals surface area (Å²) in [5.74, 6) is -1.30. The molecule has 0 unspecified atom stereocenters. The predicted molar refractivity (Wildman–Crippen MR) is 129 cm³/mol. The molecule has 2 aromatic carbocycles. The molecule has 0 saturated heterocycles. The van der Waals surface area contributed by atoms with Crippen molar-refractivity contribution in [2.75, 3.05) is 12.9 Å². The lowest BCUT2D eigenvalue weighted by atomic mass is 9.71. The summed E-state index contributed by atoms with van der Waals surface area (Å²) in [5, 5.41) is 24.3. The zero-order valence-electron chi connectivity index (χ0n) is 17.9. The number of ether oxygens (including phenoxy) is 1. The van der Waals surface area contributed by atoms with Gasteiger partial charge in [0.1, 0.15) is 11.4 Å². The van der Waals surface area contributed by atoms with Gasteiger partial charge in [-0.1, -0.05) is 70.0 Å². The third kappa shape index (κ3) is 3.49. The van der Waals surface area contributed by atoms with Gasteiger partial charge in [-0.3, -0.25) is 9.17 Å². The standard InChI is InChI=1S/C24H21BrClNO6S/c1-34(30,31)32-13-18-20(14-5-3-2-4-6-14)24(15-7-9-16(25)10-8-15)23(29,22(18)28)21-19(33-24)11-17(26)12-27-21/h2-12,18,20,22,28-29H,13H2,1H3/t18-,20-,22-,23+,24+/m1/s1. The maximum Gasteiger partial charge on any atom is 0.264 e.